The maximum Gasteiger partial charge on any atom is 0.325 e. The second-order valence-electron chi connectivity index (χ2n) is 7.58. The normalized spacial score (nSPS) is 18.1. The first-order valence-corrected chi connectivity index (χ1v) is 10.0. The van der Waals surface area contributed by atoms with Crippen molar-refractivity contribution in [1.29, 1.82) is 0 Å². The first-order valence-electron chi connectivity index (χ1n) is 10.0. The van der Waals surface area contributed by atoms with Gasteiger partial charge in [-0.2, -0.15) is 0 Å². The van der Waals surface area contributed by atoms with E-state index >= 15 is 0 Å². The van der Waals surface area contributed by atoms with Crippen LogP contribution in [0.4, 0.5) is 4.79 Å². The number of nitrogens with zero attached hydrogens (tertiary/aromatic N) is 2. The Hall–Kier alpha value is -2.91. The van der Waals surface area contributed by atoms with Crippen molar-refractivity contribution in [2.75, 3.05) is 53.7 Å². The molecule has 2 rings (SSSR count). The maximum absolute atomic E-state index is 13.1. The molecule has 0 bridgehead atoms. The minimum atomic E-state index is -1.27. The number of carbonyl (C=O) groups excluding carboxylic acids is 3. The van der Waals surface area contributed by atoms with Gasteiger partial charge in [0.05, 0.1) is 13.2 Å². The number of nitrogens with one attached hydrogen (secondary N) is 1. The molecule has 1 aliphatic heterocycles. The molecule has 0 spiro atoms. The van der Waals surface area contributed by atoms with E-state index in [1.165, 1.54) is 19.1 Å². The summed E-state index contributed by atoms with van der Waals surface area (Å²) in [4.78, 5) is 40.8. The Labute approximate surface area is 182 Å². The van der Waals surface area contributed by atoms with Crippen LogP contribution in [0.2, 0.25) is 0 Å². The number of amides is 4. The molecule has 4 amide bonds. The first kappa shape index (κ1) is 24.4. The summed E-state index contributed by atoms with van der Waals surface area (Å²) in [6, 6.07) is 6.30. The molecule has 1 heterocycles. The van der Waals surface area contributed by atoms with Crippen LogP contribution in [0.25, 0.3) is 0 Å². The molecule has 1 saturated heterocycles. The van der Waals surface area contributed by atoms with Crippen LogP contribution in [0, 0.1) is 0 Å². The summed E-state index contributed by atoms with van der Waals surface area (Å²) < 4.78 is 15.6. The Morgan fingerprint density at radius 3 is 2.23 bits per heavy atom. The fourth-order valence-electron chi connectivity index (χ4n) is 3.13. The summed E-state index contributed by atoms with van der Waals surface area (Å²) in [7, 11) is 3.08. The molecule has 1 aromatic carbocycles. The van der Waals surface area contributed by atoms with Crippen LogP contribution in [0.3, 0.4) is 0 Å². The number of hydrogen-bond acceptors (Lipinski definition) is 6. The number of rotatable bonds is 12. The third-order valence-electron chi connectivity index (χ3n) is 4.97. The monoisotopic (exact) mass is 433 g/mol. The zero-order valence-corrected chi connectivity index (χ0v) is 18.6. The summed E-state index contributed by atoms with van der Waals surface area (Å²) in [5.41, 5.74) is 0.215. The quantitative estimate of drug-likeness (QED) is 0.397. The van der Waals surface area contributed by atoms with Gasteiger partial charge in [-0.15, -0.1) is 0 Å². The zero-order chi connectivity index (χ0) is 23.0. The van der Waals surface area contributed by atoms with Gasteiger partial charge in [0.1, 0.15) is 24.4 Å². The van der Waals surface area contributed by atoms with Crippen molar-refractivity contribution in [2.45, 2.75) is 19.4 Å². The number of ether oxygens (including phenoxy) is 3. The Kier molecular flexibility index (Phi) is 8.58. The molecule has 1 aliphatic rings. The number of methoxy groups -OCH3 is 2. The van der Waals surface area contributed by atoms with E-state index < -0.39 is 17.5 Å². The second-order valence-corrected chi connectivity index (χ2v) is 7.58. The molecule has 1 atom stereocenters. The predicted molar refractivity (Wildman–Crippen MR) is 115 cm³/mol. The molecule has 1 N–H and O–H groups in total. The fourth-order valence-corrected chi connectivity index (χ4v) is 3.13. The van der Waals surface area contributed by atoms with Crippen LogP contribution < -0.4 is 10.1 Å². The van der Waals surface area contributed by atoms with Crippen molar-refractivity contribution in [3.8, 4) is 5.75 Å². The molecule has 170 valence electrons. The van der Waals surface area contributed by atoms with Crippen molar-refractivity contribution < 1.29 is 28.6 Å². The van der Waals surface area contributed by atoms with Gasteiger partial charge in [0.2, 0.25) is 5.91 Å². The fraction of sp³-hybridized carbons (Fsp3) is 0.500. The molecule has 9 nitrogen and oxygen atoms in total. The van der Waals surface area contributed by atoms with Crippen LogP contribution in [0.5, 0.6) is 5.75 Å². The standard InChI is InChI=1S/C22H31N3O6/c1-16(2)15-31-18-8-6-17(7-9-18)22(3)20(27)25(21(28)23-22)14-19(26)24(10-12-29-4)11-13-30-5/h6-9H,1,10-15H2,2-5H3,(H,23,28). The molecule has 0 radical (unpaired) electrons. The molecule has 0 aromatic heterocycles. The van der Waals surface area contributed by atoms with Crippen molar-refractivity contribution in [2.24, 2.45) is 0 Å². The van der Waals surface area contributed by atoms with E-state index in [2.05, 4.69) is 11.9 Å². The van der Waals surface area contributed by atoms with Crippen LogP contribution >= 0.6 is 0 Å². The SMILES string of the molecule is C=C(C)COc1ccc(C2(C)NC(=O)N(CC(=O)N(CCOC)CCOC)C2=O)cc1. The minimum absolute atomic E-state index is 0.339. The maximum atomic E-state index is 13.1. The molecule has 1 aromatic rings. The molecule has 1 unspecified atom stereocenters. The zero-order valence-electron chi connectivity index (χ0n) is 18.6. The smallest absolute Gasteiger partial charge is 0.325 e. The van der Waals surface area contributed by atoms with Gasteiger partial charge in [-0.3, -0.25) is 14.5 Å². The van der Waals surface area contributed by atoms with Crippen molar-refractivity contribution in [1.82, 2.24) is 15.1 Å². The van der Waals surface area contributed by atoms with Gasteiger partial charge in [0, 0.05) is 27.3 Å². The van der Waals surface area contributed by atoms with Gasteiger partial charge in [-0.05, 0) is 37.1 Å². The van der Waals surface area contributed by atoms with Gasteiger partial charge in [-0.1, -0.05) is 18.7 Å². The summed E-state index contributed by atoms with van der Waals surface area (Å²) in [6.45, 7) is 8.67. The third-order valence-corrected chi connectivity index (χ3v) is 4.97. The van der Waals surface area contributed by atoms with Gasteiger partial charge < -0.3 is 24.4 Å². The van der Waals surface area contributed by atoms with Crippen molar-refractivity contribution in [3.63, 3.8) is 0 Å². The number of imide groups is 1. The number of hydrogen-bond donors (Lipinski definition) is 1. The number of urea groups is 1. The lowest BCUT2D eigenvalue weighted by Crippen LogP contribution is -2.46. The van der Waals surface area contributed by atoms with E-state index in [4.69, 9.17) is 14.2 Å². The van der Waals surface area contributed by atoms with Gasteiger partial charge in [0.25, 0.3) is 5.91 Å². The van der Waals surface area contributed by atoms with Crippen LogP contribution in [0.1, 0.15) is 19.4 Å². The Morgan fingerprint density at radius 2 is 1.71 bits per heavy atom. The van der Waals surface area contributed by atoms with Gasteiger partial charge in [-0.25, -0.2) is 4.79 Å². The molecular weight excluding hydrogens is 402 g/mol. The number of carbonyl (C=O) groups is 3. The summed E-state index contributed by atoms with van der Waals surface area (Å²) >= 11 is 0. The Bertz CT molecular complexity index is 802. The highest BCUT2D eigenvalue weighted by Gasteiger charge is 2.49. The largest absolute Gasteiger partial charge is 0.489 e. The second kappa shape index (κ2) is 10.9. The Balaban J connectivity index is 2.11. The molecule has 31 heavy (non-hydrogen) atoms. The minimum Gasteiger partial charge on any atom is -0.489 e. The first-order chi connectivity index (χ1) is 14.7. The van der Waals surface area contributed by atoms with E-state index in [1.54, 1.807) is 31.2 Å². The van der Waals surface area contributed by atoms with Crippen LogP contribution in [-0.2, 0) is 24.6 Å². The van der Waals surface area contributed by atoms with Crippen molar-refractivity contribution >= 4 is 17.8 Å². The summed E-state index contributed by atoms with van der Waals surface area (Å²) in [6.07, 6.45) is 0. The summed E-state index contributed by atoms with van der Waals surface area (Å²) in [5, 5.41) is 2.71. The molecule has 0 saturated carbocycles. The lowest BCUT2D eigenvalue weighted by molar-refractivity contribution is -0.139. The number of benzene rings is 1. The van der Waals surface area contributed by atoms with E-state index in [0.717, 1.165) is 10.5 Å². The van der Waals surface area contributed by atoms with Crippen LogP contribution in [0.15, 0.2) is 36.4 Å². The topological polar surface area (TPSA) is 97.4 Å². The lowest BCUT2D eigenvalue weighted by atomic mass is 9.92. The summed E-state index contributed by atoms with van der Waals surface area (Å²) in [5.74, 6) is -0.212. The highest BCUT2D eigenvalue weighted by atomic mass is 16.5. The average Bonchev–Trinajstić information content (AvgIpc) is 2.96. The highest BCUT2D eigenvalue weighted by Crippen LogP contribution is 2.30. The van der Waals surface area contributed by atoms with Crippen LogP contribution in [-0.4, -0.2) is 81.3 Å². The van der Waals surface area contributed by atoms with E-state index in [-0.39, 0.29) is 12.5 Å². The molecule has 9 heteroatoms. The van der Waals surface area contributed by atoms with E-state index in [1.807, 2.05) is 6.92 Å². The average molecular weight is 434 g/mol. The van der Waals surface area contributed by atoms with E-state index in [9.17, 15) is 14.4 Å². The van der Waals surface area contributed by atoms with Crippen molar-refractivity contribution in [3.05, 3.63) is 42.0 Å². The molecular formula is C22H31N3O6. The molecule has 0 aliphatic carbocycles. The predicted octanol–water partition coefficient (Wildman–Crippen LogP) is 1.53. The van der Waals surface area contributed by atoms with Gasteiger partial charge >= 0.3 is 6.03 Å². The molecule has 1 fully saturated rings. The lowest BCUT2D eigenvalue weighted by Gasteiger charge is -2.25. The van der Waals surface area contributed by atoms with E-state index in [0.29, 0.717) is 44.2 Å². The van der Waals surface area contributed by atoms with Gasteiger partial charge in [0.15, 0.2) is 0 Å². The third kappa shape index (κ3) is 6.05. The Morgan fingerprint density at radius 1 is 1.13 bits per heavy atom. The highest BCUT2D eigenvalue weighted by molar-refractivity contribution is 6.09.